The molecule has 10 heteroatoms. The van der Waals surface area contributed by atoms with Gasteiger partial charge in [-0.05, 0) is 32.6 Å². The minimum absolute atomic E-state index is 0.182. The van der Waals surface area contributed by atoms with E-state index < -0.39 is 6.17 Å². The number of anilines is 2. The highest BCUT2D eigenvalue weighted by atomic mass is 35.5. The molecule has 1 N–H and O–H groups in total. The Hall–Kier alpha value is -2.42. The molecule has 0 unspecified atom stereocenters. The molecule has 8 nitrogen and oxygen atoms in total. The topological polar surface area (TPSA) is 82.7 Å². The van der Waals surface area contributed by atoms with Crippen molar-refractivity contribution < 1.29 is 9.13 Å². The van der Waals surface area contributed by atoms with Gasteiger partial charge in [-0.15, -0.1) is 5.10 Å². The van der Waals surface area contributed by atoms with E-state index in [1.807, 2.05) is 11.6 Å². The van der Waals surface area contributed by atoms with Crippen molar-refractivity contribution in [3.05, 3.63) is 17.0 Å². The predicted octanol–water partition coefficient (Wildman–Crippen LogP) is 3.96. The van der Waals surface area contributed by atoms with E-state index in [0.29, 0.717) is 48.6 Å². The van der Waals surface area contributed by atoms with E-state index in [1.54, 1.807) is 10.9 Å². The van der Waals surface area contributed by atoms with Crippen LogP contribution in [-0.4, -0.2) is 42.3 Å². The van der Waals surface area contributed by atoms with E-state index in [1.165, 1.54) is 0 Å². The van der Waals surface area contributed by atoms with Crippen LogP contribution in [0.15, 0.2) is 6.20 Å². The zero-order valence-corrected chi connectivity index (χ0v) is 16.3. The van der Waals surface area contributed by atoms with E-state index in [9.17, 15) is 4.39 Å². The molecule has 2 bridgehead atoms. The van der Waals surface area contributed by atoms with Crippen molar-refractivity contribution in [1.82, 2.24) is 29.5 Å². The van der Waals surface area contributed by atoms with Gasteiger partial charge in [0.2, 0.25) is 5.95 Å². The quantitative estimate of drug-likeness (QED) is 0.659. The van der Waals surface area contributed by atoms with Crippen molar-refractivity contribution in [2.24, 2.45) is 0 Å². The Balaban J connectivity index is 1.54. The number of nitrogens with zero attached hydrogens (tertiary/aromatic N) is 6. The molecule has 148 valence electrons. The van der Waals surface area contributed by atoms with Crippen LogP contribution in [0.1, 0.15) is 43.8 Å². The van der Waals surface area contributed by atoms with Gasteiger partial charge in [0.25, 0.3) is 5.88 Å². The first-order chi connectivity index (χ1) is 13.6. The first-order valence-corrected chi connectivity index (χ1v) is 10.00. The van der Waals surface area contributed by atoms with Crippen LogP contribution >= 0.6 is 11.6 Å². The minimum Gasteiger partial charge on any atom is -0.475 e. The average molecular weight is 406 g/mol. The SMILES string of the molecule is Cc1c2c(nn1[C@H]1CC[C@H](F)CC1)OCCCn1nc(Cl)c3cnc(nc31)N2. The fraction of sp³-hybridized carbons (Fsp3) is 0.556. The van der Waals surface area contributed by atoms with Crippen LogP contribution in [0.2, 0.25) is 5.15 Å². The summed E-state index contributed by atoms with van der Waals surface area (Å²) in [6.07, 6.45) is 4.43. The van der Waals surface area contributed by atoms with Gasteiger partial charge in [-0.3, -0.25) is 4.68 Å². The second-order valence-electron chi connectivity index (χ2n) is 7.39. The van der Waals surface area contributed by atoms with Gasteiger partial charge < -0.3 is 10.1 Å². The van der Waals surface area contributed by atoms with E-state index in [4.69, 9.17) is 21.4 Å². The molecule has 0 saturated heterocycles. The Morgan fingerprint density at radius 3 is 2.89 bits per heavy atom. The number of nitrogens with one attached hydrogen (secondary N) is 1. The van der Waals surface area contributed by atoms with Crippen LogP contribution in [0.4, 0.5) is 16.0 Å². The third-order valence-electron chi connectivity index (χ3n) is 5.52. The number of hydrogen-bond acceptors (Lipinski definition) is 6. The highest BCUT2D eigenvalue weighted by molar-refractivity contribution is 6.34. The van der Waals surface area contributed by atoms with Crippen LogP contribution in [0.25, 0.3) is 11.0 Å². The number of halogens is 2. The average Bonchev–Trinajstić information content (AvgIpc) is 3.16. The summed E-state index contributed by atoms with van der Waals surface area (Å²) in [5.41, 5.74) is 2.38. The van der Waals surface area contributed by atoms with Crippen LogP contribution in [0.5, 0.6) is 5.88 Å². The maximum absolute atomic E-state index is 13.5. The summed E-state index contributed by atoms with van der Waals surface area (Å²) in [7, 11) is 0. The van der Waals surface area contributed by atoms with Gasteiger partial charge >= 0.3 is 0 Å². The first kappa shape index (κ1) is 17.7. The number of aryl methyl sites for hydroxylation is 1. The van der Waals surface area contributed by atoms with Gasteiger partial charge in [0, 0.05) is 19.2 Å². The monoisotopic (exact) mass is 405 g/mol. The van der Waals surface area contributed by atoms with Crippen LogP contribution in [0.3, 0.4) is 0 Å². The molecule has 5 rings (SSSR count). The fourth-order valence-electron chi connectivity index (χ4n) is 4.01. The second kappa shape index (κ2) is 6.88. The molecule has 0 radical (unpaired) electrons. The summed E-state index contributed by atoms with van der Waals surface area (Å²) >= 11 is 6.20. The Kier molecular flexibility index (Phi) is 4.34. The van der Waals surface area contributed by atoms with E-state index >= 15 is 0 Å². The van der Waals surface area contributed by atoms with Crippen molar-refractivity contribution in [3.63, 3.8) is 0 Å². The zero-order chi connectivity index (χ0) is 19.3. The Morgan fingerprint density at radius 2 is 2.07 bits per heavy atom. The van der Waals surface area contributed by atoms with Crippen LogP contribution in [0, 0.1) is 6.92 Å². The van der Waals surface area contributed by atoms with E-state index in [0.717, 1.165) is 36.0 Å². The third kappa shape index (κ3) is 2.97. The molecule has 1 aliphatic carbocycles. The van der Waals surface area contributed by atoms with Gasteiger partial charge in [-0.2, -0.15) is 10.1 Å². The molecule has 3 aromatic heterocycles. The van der Waals surface area contributed by atoms with Crippen molar-refractivity contribution in [2.75, 3.05) is 11.9 Å². The lowest BCUT2D eigenvalue weighted by Crippen LogP contribution is -2.20. The smallest absolute Gasteiger partial charge is 0.257 e. The molecule has 0 aromatic carbocycles. The number of alkyl halides is 1. The first-order valence-electron chi connectivity index (χ1n) is 9.62. The normalized spacial score (nSPS) is 22.4. The molecule has 1 saturated carbocycles. The summed E-state index contributed by atoms with van der Waals surface area (Å²) in [5.74, 6) is 0.966. The van der Waals surface area contributed by atoms with Gasteiger partial charge in [0.15, 0.2) is 10.8 Å². The molecule has 1 aliphatic heterocycles. The number of aromatic nitrogens is 6. The van der Waals surface area contributed by atoms with Gasteiger partial charge in [-0.1, -0.05) is 11.6 Å². The zero-order valence-electron chi connectivity index (χ0n) is 15.5. The molecule has 0 spiro atoms. The minimum atomic E-state index is -0.699. The molecule has 2 aliphatic rings. The van der Waals surface area contributed by atoms with Gasteiger partial charge in [-0.25, -0.2) is 14.1 Å². The molecule has 0 amide bonds. The highest BCUT2D eigenvalue weighted by Crippen LogP contribution is 2.37. The Bertz CT molecular complexity index is 1020. The van der Waals surface area contributed by atoms with Crippen LogP contribution in [-0.2, 0) is 6.54 Å². The van der Waals surface area contributed by atoms with Crippen molar-refractivity contribution in [1.29, 1.82) is 0 Å². The Labute approximate surface area is 166 Å². The molecule has 0 atom stereocenters. The lowest BCUT2D eigenvalue weighted by Gasteiger charge is -2.25. The number of hydrogen-bond donors (Lipinski definition) is 1. The van der Waals surface area contributed by atoms with Gasteiger partial charge in [0.1, 0.15) is 11.9 Å². The largest absolute Gasteiger partial charge is 0.475 e. The van der Waals surface area contributed by atoms with Crippen molar-refractivity contribution in [3.8, 4) is 5.88 Å². The summed E-state index contributed by atoms with van der Waals surface area (Å²) < 4.78 is 23.3. The van der Waals surface area contributed by atoms with Crippen LogP contribution < -0.4 is 10.1 Å². The molecule has 3 aromatic rings. The fourth-order valence-corrected chi connectivity index (χ4v) is 4.23. The Morgan fingerprint density at radius 1 is 1.25 bits per heavy atom. The maximum atomic E-state index is 13.5. The molecule has 1 fully saturated rings. The molecular weight excluding hydrogens is 385 g/mol. The lowest BCUT2D eigenvalue weighted by atomic mass is 9.94. The molecular formula is C18H21ClFN7O. The third-order valence-corrected chi connectivity index (χ3v) is 5.80. The number of ether oxygens (including phenoxy) is 1. The highest BCUT2D eigenvalue weighted by Gasteiger charge is 2.27. The van der Waals surface area contributed by atoms with Gasteiger partial charge in [0.05, 0.1) is 23.7 Å². The molecule has 4 heterocycles. The summed E-state index contributed by atoms with van der Waals surface area (Å²) in [5, 5.41) is 13.4. The predicted molar refractivity (Wildman–Crippen MR) is 103 cm³/mol. The summed E-state index contributed by atoms with van der Waals surface area (Å²) in [4.78, 5) is 8.98. The van der Waals surface area contributed by atoms with Crippen molar-refractivity contribution in [2.45, 2.75) is 57.8 Å². The summed E-state index contributed by atoms with van der Waals surface area (Å²) in [6.45, 7) is 3.11. The van der Waals surface area contributed by atoms with E-state index in [2.05, 4.69) is 20.4 Å². The number of fused-ring (bicyclic) bond motifs is 2. The lowest BCUT2D eigenvalue weighted by molar-refractivity contribution is 0.197. The number of rotatable bonds is 1. The van der Waals surface area contributed by atoms with Crippen molar-refractivity contribution >= 4 is 34.3 Å². The molecule has 28 heavy (non-hydrogen) atoms. The standard InChI is InChI=1S/C18H21ClFN7O/c1-10-14-17(25-27(10)12-5-3-11(20)4-6-12)28-8-2-7-26-16-13(15(19)24-26)9-21-18(22-14)23-16/h9,11-12H,2-8H2,1H3,(H,21,22,23)/t11-,12-. The second-order valence-corrected chi connectivity index (χ2v) is 7.75. The maximum Gasteiger partial charge on any atom is 0.257 e. The van der Waals surface area contributed by atoms with E-state index in [-0.39, 0.29) is 6.04 Å². The summed E-state index contributed by atoms with van der Waals surface area (Å²) in [6, 6.07) is 0.182.